The number of benzene rings is 1. The number of halogens is 1. The van der Waals surface area contributed by atoms with Crippen molar-refractivity contribution in [1.29, 1.82) is 0 Å². The molecule has 4 heteroatoms. The quantitative estimate of drug-likeness (QED) is 0.781. The summed E-state index contributed by atoms with van der Waals surface area (Å²) < 4.78 is 5.26. The summed E-state index contributed by atoms with van der Waals surface area (Å²) in [4.78, 5) is 13.3. The third-order valence-electron chi connectivity index (χ3n) is 2.50. The van der Waals surface area contributed by atoms with Gasteiger partial charge in [-0.15, -0.1) is 0 Å². The Labute approximate surface area is 104 Å². The van der Waals surface area contributed by atoms with Crippen molar-refractivity contribution in [2.75, 3.05) is 13.1 Å². The van der Waals surface area contributed by atoms with Crippen LogP contribution in [-0.4, -0.2) is 28.4 Å². The average molecular weight is 284 g/mol. The van der Waals surface area contributed by atoms with Gasteiger partial charge in [0.15, 0.2) is 0 Å². The summed E-state index contributed by atoms with van der Waals surface area (Å²) in [5, 5.41) is 0. The molecule has 0 aromatic heterocycles. The van der Waals surface area contributed by atoms with E-state index in [1.165, 1.54) is 0 Å². The summed E-state index contributed by atoms with van der Waals surface area (Å²) in [6.07, 6.45) is -0.235. The predicted octanol–water partition coefficient (Wildman–Crippen LogP) is 2.79. The molecule has 1 aromatic carbocycles. The predicted molar refractivity (Wildman–Crippen MR) is 65.5 cm³/mol. The molecule has 1 aliphatic heterocycles. The first-order valence-corrected chi connectivity index (χ1v) is 6.01. The van der Waals surface area contributed by atoms with Crippen LogP contribution in [0.25, 0.3) is 0 Å². The van der Waals surface area contributed by atoms with Crippen LogP contribution in [0.4, 0.5) is 4.79 Å². The maximum absolute atomic E-state index is 11.6. The van der Waals surface area contributed by atoms with Gasteiger partial charge in [-0.25, -0.2) is 4.79 Å². The summed E-state index contributed by atoms with van der Waals surface area (Å²) in [6, 6.07) is 9.69. The maximum atomic E-state index is 11.6. The molecular weight excluding hydrogens is 270 g/mol. The van der Waals surface area contributed by atoms with Crippen molar-refractivity contribution in [3.8, 4) is 0 Å². The zero-order valence-corrected chi connectivity index (χ0v) is 10.7. The van der Waals surface area contributed by atoms with Crippen LogP contribution in [0, 0.1) is 0 Å². The number of amides is 1. The van der Waals surface area contributed by atoms with E-state index >= 15 is 0 Å². The second kappa shape index (κ2) is 4.45. The first-order valence-electron chi connectivity index (χ1n) is 5.21. The van der Waals surface area contributed by atoms with Gasteiger partial charge in [0.25, 0.3) is 0 Å². The molecule has 1 aromatic rings. The van der Waals surface area contributed by atoms with E-state index in [-0.39, 0.29) is 10.4 Å². The highest BCUT2D eigenvalue weighted by Gasteiger charge is 2.39. The van der Waals surface area contributed by atoms with E-state index in [9.17, 15) is 4.79 Å². The first-order chi connectivity index (χ1) is 7.57. The fourth-order valence-corrected chi connectivity index (χ4v) is 2.29. The lowest BCUT2D eigenvalue weighted by Gasteiger charge is -2.43. The van der Waals surface area contributed by atoms with E-state index < -0.39 is 0 Å². The number of likely N-dealkylation sites (tertiary alicyclic amines) is 1. The van der Waals surface area contributed by atoms with Gasteiger partial charge in [0, 0.05) is 13.1 Å². The van der Waals surface area contributed by atoms with Crippen LogP contribution in [0.15, 0.2) is 30.3 Å². The number of nitrogens with zero attached hydrogens (tertiary/aromatic N) is 1. The number of carbonyl (C=O) groups is 1. The van der Waals surface area contributed by atoms with Crippen molar-refractivity contribution in [3.05, 3.63) is 35.9 Å². The van der Waals surface area contributed by atoms with Crippen LogP contribution in [-0.2, 0) is 11.3 Å². The number of hydrogen-bond donors (Lipinski definition) is 0. The molecule has 0 radical (unpaired) electrons. The molecule has 2 rings (SSSR count). The molecule has 3 nitrogen and oxygen atoms in total. The molecule has 0 aliphatic carbocycles. The van der Waals surface area contributed by atoms with Gasteiger partial charge in [-0.1, -0.05) is 46.3 Å². The summed E-state index contributed by atoms with van der Waals surface area (Å²) in [7, 11) is 0. The summed E-state index contributed by atoms with van der Waals surface area (Å²) in [5.74, 6) is 0. The number of rotatable bonds is 2. The van der Waals surface area contributed by atoms with Gasteiger partial charge in [-0.2, -0.15) is 0 Å². The largest absolute Gasteiger partial charge is 0.445 e. The van der Waals surface area contributed by atoms with E-state index in [1.54, 1.807) is 4.90 Å². The van der Waals surface area contributed by atoms with Gasteiger partial charge in [-0.05, 0) is 12.5 Å². The zero-order chi connectivity index (χ0) is 11.6. The molecule has 0 N–H and O–H groups in total. The lowest BCUT2D eigenvalue weighted by atomic mass is 10.0. The first kappa shape index (κ1) is 11.5. The van der Waals surface area contributed by atoms with Gasteiger partial charge in [0.05, 0.1) is 4.32 Å². The summed E-state index contributed by atoms with van der Waals surface area (Å²) in [6.45, 7) is 3.82. The van der Waals surface area contributed by atoms with Crippen molar-refractivity contribution in [2.45, 2.75) is 17.9 Å². The minimum atomic E-state index is -0.235. The SMILES string of the molecule is CC1(Br)CN(C(=O)OCc2ccccc2)C1. The molecule has 1 fully saturated rings. The summed E-state index contributed by atoms with van der Waals surface area (Å²) >= 11 is 3.52. The van der Waals surface area contributed by atoms with Gasteiger partial charge < -0.3 is 9.64 Å². The smallest absolute Gasteiger partial charge is 0.410 e. The molecule has 0 bridgehead atoms. The highest BCUT2D eigenvalue weighted by atomic mass is 79.9. The normalized spacial score (nSPS) is 17.8. The molecule has 86 valence electrons. The van der Waals surface area contributed by atoms with Crippen molar-refractivity contribution < 1.29 is 9.53 Å². The molecule has 0 saturated carbocycles. The lowest BCUT2D eigenvalue weighted by molar-refractivity contribution is 0.0644. The topological polar surface area (TPSA) is 29.5 Å². The molecule has 16 heavy (non-hydrogen) atoms. The minimum Gasteiger partial charge on any atom is -0.445 e. The average Bonchev–Trinajstić information content (AvgIpc) is 2.24. The lowest BCUT2D eigenvalue weighted by Crippen LogP contribution is -2.58. The Balaban J connectivity index is 1.77. The Morgan fingerprint density at radius 3 is 2.62 bits per heavy atom. The number of hydrogen-bond acceptors (Lipinski definition) is 2. The van der Waals surface area contributed by atoms with Crippen LogP contribution in [0.5, 0.6) is 0 Å². The Kier molecular flexibility index (Phi) is 3.19. The third kappa shape index (κ3) is 2.76. The van der Waals surface area contributed by atoms with Crippen molar-refractivity contribution in [1.82, 2.24) is 4.90 Å². The minimum absolute atomic E-state index is 0.0682. The fraction of sp³-hybridized carbons (Fsp3) is 0.417. The third-order valence-corrected chi connectivity index (χ3v) is 3.01. The van der Waals surface area contributed by atoms with Gasteiger partial charge in [0.1, 0.15) is 6.61 Å². The van der Waals surface area contributed by atoms with Crippen LogP contribution < -0.4 is 0 Å². The number of carbonyl (C=O) groups excluding carboxylic acids is 1. The molecule has 0 spiro atoms. The zero-order valence-electron chi connectivity index (χ0n) is 9.15. The molecule has 0 unspecified atom stereocenters. The van der Waals surface area contributed by atoms with Crippen LogP contribution >= 0.6 is 15.9 Å². The van der Waals surface area contributed by atoms with E-state index in [0.29, 0.717) is 19.7 Å². The van der Waals surface area contributed by atoms with Crippen LogP contribution in [0.3, 0.4) is 0 Å². The highest BCUT2D eigenvalue weighted by Crippen LogP contribution is 2.29. The second-order valence-electron chi connectivity index (χ2n) is 4.31. The molecule has 0 atom stereocenters. The maximum Gasteiger partial charge on any atom is 0.410 e. The van der Waals surface area contributed by atoms with Crippen LogP contribution in [0.1, 0.15) is 12.5 Å². The summed E-state index contributed by atoms with van der Waals surface area (Å²) in [5.41, 5.74) is 1.01. The van der Waals surface area contributed by atoms with E-state index in [1.807, 2.05) is 30.3 Å². The van der Waals surface area contributed by atoms with E-state index in [2.05, 4.69) is 22.9 Å². The standard InChI is InChI=1S/C12H14BrNO2/c1-12(13)8-14(9-12)11(15)16-7-10-5-3-2-4-6-10/h2-6H,7-9H2,1H3. The fourth-order valence-electron chi connectivity index (χ4n) is 1.69. The number of alkyl halides is 1. The van der Waals surface area contributed by atoms with E-state index in [4.69, 9.17) is 4.74 Å². The van der Waals surface area contributed by atoms with Gasteiger partial charge in [-0.3, -0.25) is 0 Å². The second-order valence-corrected chi connectivity index (χ2v) is 6.22. The van der Waals surface area contributed by atoms with Crippen LogP contribution in [0.2, 0.25) is 0 Å². The van der Waals surface area contributed by atoms with Crippen molar-refractivity contribution in [3.63, 3.8) is 0 Å². The molecule has 1 heterocycles. The molecular formula is C12H14BrNO2. The Morgan fingerprint density at radius 1 is 1.44 bits per heavy atom. The molecule has 1 saturated heterocycles. The Hall–Kier alpha value is -1.03. The Morgan fingerprint density at radius 2 is 2.06 bits per heavy atom. The monoisotopic (exact) mass is 283 g/mol. The van der Waals surface area contributed by atoms with Gasteiger partial charge >= 0.3 is 6.09 Å². The van der Waals surface area contributed by atoms with E-state index in [0.717, 1.165) is 5.56 Å². The van der Waals surface area contributed by atoms with Crippen molar-refractivity contribution >= 4 is 22.0 Å². The Bertz CT molecular complexity index is 370. The van der Waals surface area contributed by atoms with Gasteiger partial charge in [0.2, 0.25) is 0 Å². The highest BCUT2D eigenvalue weighted by molar-refractivity contribution is 9.10. The number of ether oxygens (including phenoxy) is 1. The van der Waals surface area contributed by atoms with Crippen molar-refractivity contribution in [2.24, 2.45) is 0 Å². The molecule has 1 amide bonds. The molecule has 1 aliphatic rings.